The zero-order valence-electron chi connectivity index (χ0n) is 12.7. The molecule has 0 aromatic heterocycles. The predicted octanol–water partition coefficient (Wildman–Crippen LogP) is 2.27. The Morgan fingerprint density at radius 1 is 1.45 bits per heavy atom. The summed E-state index contributed by atoms with van der Waals surface area (Å²) in [4.78, 5) is 25.1. The molecule has 2 aliphatic rings. The smallest absolute Gasteiger partial charge is 0.340 e. The number of hydrogen-bond donors (Lipinski definition) is 1. The number of rotatable bonds is 5. The number of benzene rings is 1. The first kappa shape index (κ1) is 14.6. The second kappa shape index (κ2) is 5.47. The van der Waals surface area contributed by atoms with Crippen LogP contribution in [0.5, 0.6) is 0 Å². The lowest BCUT2D eigenvalue weighted by Gasteiger charge is -2.23. The van der Waals surface area contributed by atoms with Gasteiger partial charge < -0.3 is 15.0 Å². The van der Waals surface area contributed by atoms with Crippen LogP contribution in [-0.4, -0.2) is 37.6 Å². The summed E-state index contributed by atoms with van der Waals surface area (Å²) < 4.78 is 5.07. The molecule has 0 bridgehead atoms. The average Bonchev–Trinajstić information content (AvgIpc) is 3.12. The van der Waals surface area contributed by atoms with E-state index < -0.39 is 10.9 Å². The summed E-state index contributed by atoms with van der Waals surface area (Å²) in [6.45, 7) is 3.76. The van der Waals surface area contributed by atoms with Crippen LogP contribution in [0.15, 0.2) is 12.1 Å². The lowest BCUT2D eigenvalue weighted by molar-refractivity contribution is -0.384. The highest BCUT2D eigenvalue weighted by molar-refractivity contribution is 5.98. The number of hydrogen-bond acceptors (Lipinski definition) is 6. The van der Waals surface area contributed by atoms with E-state index in [9.17, 15) is 14.9 Å². The van der Waals surface area contributed by atoms with Crippen molar-refractivity contribution in [2.75, 3.05) is 37.0 Å². The zero-order chi connectivity index (χ0) is 15.9. The lowest BCUT2D eigenvalue weighted by Crippen LogP contribution is -2.25. The number of nitro benzene ring substituents is 1. The van der Waals surface area contributed by atoms with E-state index in [2.05, 4.69) is 10.2 Å². The molecule has 0 amide bonds. The summed E-state index contributed by atoms with van der Waals surface area (Å²) in [5.41, 5.74) is 1.29. The monoisotopic (exact) mass is 305 g/mol. The number of anilines is 2. The molecule has 2 atom stereocenters. The Labute approximate surface area is 128 Å². The van der Waals surface area contributed by atoms with Crippen LogP contribution in [-0.2, 0) is 4.74 Å². The van der Waals surface area contributed by atoms with Gasteiger partial charge in [-0.2, -0.15) is 0 Å². The summed E-state index contributed by atoms with van der Waals surface area (Å²) in [7, 11) is 1.64. The molecule has 1 saturated heterocycles. The van der Waals surface area contributed by atoms with Gasteiger partial charge in [-0.05, 0) is 31.2 Å². The third kappa shape index (κ3) is 2.47. The molecule has 1 aromatic rings. The minimum atomic E-state index is -0.510. The Balaban J connectivity index is 2.04. The molecule has 1 aliphatic heterocycles. The van der Waals surface area contributed by atoms with Crippen molar-refractivity contribution in [1.82, 2.24) is 0 Å². The molecule has 3 rings (SSSR count). The van der Waals surface area contributed by atoms with E-state index in [1.165, 1.54) is 12.5 Å². The van der Waals surface area contributed by atoms with E-state index >= 15 is 0 Å². The first-order chi connectivity index (χ1) is 10.5. The maximum absolute atomic E-state index is 12.2. The zero-order valence-corrected chi connectivity index (χ0v) is 12.7. The van der Waals surface area contributed by atoms with Crippen molar-refractivity contribution in [1.29, 1.82) is 0 Å². The number of nitrogens with one attached hydrogen (secondary N) is 1. The summed E-state index contributed by atoms with van der Waals surface area (Å²) >= 11 is 0. The predicted molar refractivity (Wildman–Crippen MR) is 82.4 cm³/mol. The molecule has 1 aromatic carbocycles. The minimum Gasteiger partial charge on any atom is -0.462 e. The molecule has 118 valence electrons. The molecular weight excluding hydrogens is 286 g/mol. The van der Waals surface area contributed by atoms with Gasteiger partial charge in [0.2, 0.25) is 0 Å². The number of esters is 1. The average molecular weight is 305 g/mol. The number of carbonyl (C=O) groups is 1. The maximum atomic E-state index is 12.2. The molecule has 22 heavy (non-hydrogen) atoms. The van der Waals surface area contributed by atoms with Crippen LogP contribution in [0.3, 0.4) is 0 Å². The van der Waals surface area contributed by atoms with Gasteiger partial charge >= 0.3 is 5.97 Å². The van der Waals surface area contributed by atoms with Crippen LogP contribution in [0.2, 0.25) is 0 Å². The fourth-order valence-corrected chi connectivity index (χ4v) is 3.16. The highest BCUT2D eigenvalue weighted by Crippen LogP contribution is 2.47. The maximum Gasteiger partial charge on any atom is 0.340 e. The van der Waals surface area contributed by atoms with Crippen molar-refractivity contribution in [3.63, 3.8) is 0 Å². The molecular formula is C15H19N3O4. The summed E-state index contributed by atoms with van der Waals surface area (Å²) in [6.07, 6.45) is 1.25. The molecule has 0 spiro atoms. The van der Waals surface area contributed by atoms with Crippen molar-refractivity contribution in [2.45, 2.75) is 13.3 Å². The van der Waals surface area contributed by atoms with Crippen LogP contribution in [0.1, 0.15) is 23.7 Å². The topological polar surface area (TPSA) is 84.7 Å². The number of ether oxygens (including phenoxy) is 1. The molecule has 7 nitrogen and oxygen atoms in total. The van der Waals surface area contributed by atoms with E-state index in [0.717, 1.165) is 18.8 Å². The standard InChI is InChI=1S/C15H19N3O4/c1-3-22-15(19)11-5-14(18(20)21)12(16-2)6-13(11)17-7-9-4-10(9)8-17/h5-6,9-10,16H,3-4,7-8H2,1-2H3. The van der Waals surface area contributed by atoms with E-state index in [0.29, 0.717) is 17.5 Å². The summed E-state index contributed by atoms with van der Waals surface area (Å²) in [5, 5.41) is 14.0. The third-order valence-corrected chi connectivity index (χ3v) is 4.39. The van der Waals surface area contributed by atoms with Gasteiger partial charge in [0.25, 0.3) is 5.69 Å². The molecule has 1 N–H and O–H groups in total. The Kier molecular flexibility index (Phi) is 3.64. The number of piperidine rings is 1. The van der Waals surface area contributed by atoms with Gasteiger partial charge in [0, 0.05) is 26.2 Å². The fourth-order valence-electron chi connectivity index (χ4n) is 3.16. The summed E-state index contributed by atoms with van der Waals surface area (Å²) in [5.74, 6) is 0.885. The van der Waals surface area contributed by atoms with Gasteiger partial charge in [-0.15, -0.1) is 0 Å². The van der Waals surface area contributed by atoms with E-state index in [-0.39, 0.29) is 17.9 Å². The molecule has 0 radical (unpaired) electrons. The molecule has 2 unspecified atom stereocenters. The van der Waals surface area contributed by atoms with Gasteiger partial charge in [0.05, 0.1) is 22.8 Å². The summed E-state index contributed by atoms with van der Waals surface area (Å²) in [6, 6.07) is 3.01. The van der Waals surface area contributed by atoms with Crippen LogP contribution >= 0.6 is 0 Å². The molecule has 1 aliphatic carbocycles. The second-order valence-corrected chi connectivity index (χ2v) is 5.77. The Morgan fingerprint density at radius 3 is 2.68 bits per heavy atom. The van der Waals surface area contributed by atoms with Crippen LogP contribution in [0.25, 0.3) is 0 Å². The van der Waals surface area contributed by atoms with Crippen molar-refractivity contribution in [3.05, 3.63) is 27.8 Å². The number of nitrogens with zero attached hydrogens (tertiary/aromatic N) is 2. The number of nitro groups is 1. The SMILES string of the molecule is CCOC(=O)c1cc([N+](=O)[O-])c(NC)cc1N1CC2CC2C1. The molecule has 2 fully saturated rings. The largest absolute Gasteiger partial charge is 0.462 e. The Morgan fingerprint density at radius 2 is 2.14 bits per heavy atom. The fraction of sp³-hybridized carbons (Fsp3) is 0.533. The first-order valence-electron chi connectivity index (χ1n) is 7.47. The highest BCUT2D eigenvalue weighted by Gasteiger charge is 2.46. The number of carbonyl (C=O) groups excluding carboxylic acids is 1. The molecule has 1 heterocycles. The van der Waals surface area contributed by atoms with Gasteiger partial charge in [0.1, 0.15) is 5.69 Å². The van der Waals surface area contributed by atoms with Crippen molar-refractivity contribution < 1.29 is 14.5 Å². The van der Waals surface area contributed by atoms with Crippen LogP contribution in [0, 0.1) is 22.0 Å². The van der Waals surface area contributed by atoms with Gasteiger partial charge in [-0.25, -0.2) is 4.79 Å². The lowest BCUT2D eigenvalue weighted by atomic mass is 10.1. The van der Waals surface area contributed by atoms with Gasteiger partial charge in [-0.3, -0.25) is 10.1 Å². The van der Waals surface area contributed by atoms with Gasteiger partial charge in [-0.1, -0.05) is 0 Å². The van der Waals surface area contributed by atoms with Crippen molar-refractivity contribution in [2.24, 2.45) is 11.8 Å². The Bertz CT molecular complexity index is 621. The quantitative estimate of drug-likeness (QED) is 0.510. The van der Waals surface area contributed by atoms with Crippen molar-refractivity contribution in [3.8, 4) is 0 Å². The highest BCUT2D eigenvalue weighted by atomic mass is 16.6. The van der Waals surface area contributed by atoms with Crippen LogP contribution < -0.4 is 10.2 Å². The Hall–Kier alpha value is -2.31. The van der Waals surface area contributed by atoms with E-state index in [4.69, 9.17) is 4.74 Å². The normalized spacial score (nSPS) is 22.2. The van der Waals surface area contributed by atoms with E-state index in [1.54, 1.807) is 20.0 Å². The van der Waals surface area contributed by atoms with E-state index in [1.807, 2.05) is 0 Å². The second-order valence-electron chi connectivity index (χ2n) is 5.77. The number of fused-ring (bicyclic) bond motifs is 1. The molecule has 1 saturated carbocycles. The molecule has 7 heteroatoms. The minimum absolute atomic E-state index is 0.112. The van der Waals surface area contributed by atoms with Crippen molar-refractivity contribution >= 4 is 23.0 Å². The van der Waals surface area contributed by atoms with Crippen LogP contribution in [0.4, 0.5) is 17.1 Å². The van der Waals surface area contributed by atoms with Gasteiger partial charge in [0.15, 0.2) is 0 Å². The first-order valence-corrected chi connectivity index (χ1v) is 7.47. The third-order valence-electron chi connectivity index (χ3n) is 4.39.